The first-order valence-corrected chi connectivity index (χ1v) is 8.49. The second kappa shape index (κ2) is 9.99. The Balaban J connectivity index is 2.71. The van der Waals surface area contributed by atoms with Crippen molar-refractivity contribution in [2.75, 3.05) is 6.54 Å². The van der Waals surface area contributed by atoms with E-state index in [-0.39, 0.29) is 0 Å². The molecule has 0 radical (unpaired) electrons. The van der Waals surface area contributed by atoms with Crippen LogP contribution in [0.2, 0.25) is 0 Å². The maximum Gasteiger partial charge on any atom is 0.0320 e. The summed E-state index contributed by atoms with van der Waals surface area (Å²) >= 11 is 0. The fourth-order valence-electron chi connectivity index (χ4n) is 2.71. The molecule has 1 unspecified atom stereocenters. The average molecular weight is 275 g/mol. The SMILES string of the molecule is CCCCCC(NCCC)c1cccc(CC(C)C)c1. The third-order valence-electron chi connectivity index (χ3n) is 3.73. The van der Waals surface area contributed by atoms with Gasteiger partial charge < -0.3 is 5.32 Å². The fourth-order valence-corrected chi connectivity index (χ4v) is 2.71. The van der Waals surface area contributed by atoms with E-state index in [2.05, 4.69) is 57.3 Å². The predicted octanol–water partition coefficient (Wildman–Crippen LogP) is 5.51. The van der Waals surface area contributed by atoms with Crippen molar-refractivity contribution in [3.8, 4) is 0 Å². The van der Waals surface area contributed by atoms with Crippen molar-refractivity contribution in [3.63, 3.8) is 0 Å². The van der Waals surface area contributed by atoms with Gasteiger partial charge in [-0.25, -0.2) is 0 Å². The molecule has 0 heterocycles. The van der Waals surface area contributed by atoms with Crippen molar-refractivity contribution in [2.45, 2.75) is 72.3 Å². The van der Waals surface area contributed by atoms with Gasteiger partial charge >= 0.3 is 0 Å². The van der Waals surface area contributed by atoms with Crippen molar-refractivity contribution in [1.29, 1.82) is 0 Å². The molecule has 0 saturated carbocycles. The Hall–Kier alpha value is -0.820. The van der Waals surface area contributed by atoms with Gasteiger partial charge in [0.05, 0.1) is 0 Å². The number of unbranched alkanes of at least 4 members (excludes halogenated alkanes) is 2. The lowest BCUT2D eigenvalue weighted by Gasteiger charge is -2.20. The van der Waals surface area contributed by atoms with Gasteiger partial charge in [-0.2, -0.15) is 0 Å². The van der Waals surface area contributed by atoms with Gasteiger partial charge in [-0.15, -0.1) is 0 Å². The molecule has 0 aromatic heterocycles. The van der Waals surface area contributed by atoms with Gasteiger partial charge in [0.25, 0.3) is 0 Å². The maximum atomic E-state index is 3.73. The molecule has 1 aromatic carbocycles. The Labute approximate surface area is 126 Å². The van der Waals surface area contributed by atoms with Crippen LogP contribution in [0.1, 0.15) is 77.0 Å². The first kappa shape index (κ1) is 17.2. The number of benzene rings is 1. The van der Waals surface area contributed by atoms with E-state index in [0.717, 1.165) is 12.5 Å². The van der Waals surface area contributed by atoms with Crippen LogP contribution in [-0.2, 0) is 6.42 Å². The van der Waals surface area contributed by atoms with Gasteiger partial charge in [0.15, 0.2) is 0 Å². The minimum absolute atomic E-state index is 0.536. The molecular formula is C19H33N. The molecule has 0 aliphatic rings. The van der Waals surface area contributed by atoms with E-state index in [9.17, 15) is 0 Å². The molecule has 1 heteroatoms. The van der Waals surface area contributed by atoms with Crippen LogP contribution in [0.15, 0.2) is 24.3 Å². The van der Waals surface area contributed by atoms with Crippen LogP contribution in [0.3, 0.4) is 0 Å². The largest absolute Gasteiger partial charge is 0.310 e. The third-order valence-corrected chi connectivity index (χ3v) is 3.73. The lowest BCUT2D eigenvalue weighted by molar-refractivity contribution is 0.474. The van der Waals surface area contributed by atoms with Gasteiger partial charge in [0.2, 0.25) is 0 Å². The monoisotopic (exact) mass is 275 g/mol. The normalized spacial score (nSPS) is 12.8. The Morgan fingerprint density at radius 3 is 2.50 bits per heavy atom. The van der Waals surface area contributed by atoms with Gasteiger partial charge in [-0.1, -0.05) is 71.2 Å². The van der Waals surface area contributed by atoms with Crippen LogP contribution in [0.25, 0.3) is 0 Å². The summed E-state index contributed by atoms with van der Waals surface area (Å²) in [5.41, 5.74) is 2.96. The van der Waals surface area contributed by atoms with E-state index in [1.54, 1.807) is 0 Å². The Bertz CT molecular complexity index is 357. The quantitative estimate of drug-likeness (QED) is 0.555. The molecule has 1 rings (SSSR count). The average Bonchev–Trinajstić information content (AvgIpc) is 2.42. The molecule has 114 valence electrons. The summed E-state index contributed by atoms with van der Waals surface area (Å²) in [5.74, 6) is 0.729. The zero-order valence-electron chi connectivity index (χ0n) is 13.9. The molecular weight excluding hydrogens is 242 g/mol. The van der Waals surface area contributed by atoms with Crippen molar-refractivity contribution >= 4 is 0 Å². The van der Waals surface area contributed by atoms with Crippen molar-refractivity contribution in [2.24, 2.45) is 5.92 Å². The fraction of sp³-hybridized carbons (Fsp3) is 0.684. The van der Waals surface area contributed by atoms with Crippen LogP contribution in [0.5, 0.6) is 0 Å². The lowest BCUT2D eigenvalue weighted by atomic mass is 9.95. The first-order chi connectivity index (χ1) is 9.67. The zero-order valence-corrected chi connectivity index (χ0v) is 13.9. The lowest BCUT2D eigenvalue weighted by Crippen LogP contribution is -2.22. The molecule has 0 bridgehead atoms. The third kappa shape index (κ3) is 6.56. The summed E-state index contributed by atoms with van der Waals surface area (Å²) in [6.07, 6.45) is 7.62. The molecule has 20 heavy (non-hydrogen) atoms. The van der Waals surface area contributed by atoms with E-state index in [1.807, 2.05) is 0 Å². The summed E-state index contributed by atoms with van der Waals surface area (Å²) in [6.45, 7) is 10.2. The van der Waals surface area contributed by atoms with Crippen LogP contribution >= 0.6 is 0 Å². The number of nitrogens with one attached hydrogen (secondary N) is 1. The minimum Gasteiger partial charge on any atom is -0.310 e. The molecule has 0 aliphatic carbocycles. The second-order valence-electron chi connectivity index (χ2n) is 6.35. The highest BCUT2D eigenvalue weighted by Crippen LogP contribution is 2.22. The van der Waals surface area contributed by atoms with E-state index >= 15 is 0 Å². The molecule has 1 nitrogen and oxygen atoms in total. The Morgan fingerprint density at radius 2 is 1.85 bits per heavy atom. The number of hydrogen-bond acceptors (Lipinski definition) is 1. The molecule has 0 saturated heterocycles. The molecule has 0 amide bonds. The summed E-state index contributed by atoms with van der Waals surface area (Å²) in [7, 11) is 0. The molecule has 0 spiro atoms. The Kier molecular flexibility index (Phi) is 8.60. The summed E-state index contributed by atoms with van der Waals surface area (Å²) in [6, 6.07) is 9.75. The predicted molar refractivity (Wildman–Crippen MR) is 90.2 cm³/mol. The standard InChI is InChI=1S/C19H33N/c1-5-7-8-12-19(20-13-6-2)18-11-9-10-17(15-18)14-16(3)4/h9-11,15-16,19-20H,5-8,12-14H2,1-4H3. The van der Waals surface area contributed by atoms with Gasteiger partial charge in [-0.3, -0.25) is 0 Å². The minimum atomic E-state index is 0.536. The molecule has 0 aliphatic heterocycles. The number of hydrogen-bond donors (Lipinski definition) is 1. The van der Waals surface area contributed by atoms with Crippen molar-refractivity contribution in [1.82, 2.24) is 5.32 Å². The molecule has 1 atom stereocenters. The van der Waals surface area contributed by atoms with Gasteiger partial charge in [0, 0.05) is 6.04 Å². The summed E-state index contributed by atoms with van der Waals surface area (Å²) < 4.78 is 0. The zero-order chi connectivity index (χ0) is 14.8. The second-order valence-corrected chi connectivity index (χ2v) is 6.35. The van der Waals surface area contributed by atoms with Gasteiger partial charge in [0.1, 0.15) is 0 Å². The first-order valence-electron chi connectivity index (χ1n) is 8.49. The Morgan fingerprint density at radius 1 is 1.05 bits per heavy atom. The van der Waals surface area contributed by atoms with E-state index in [4.69, 9.17) is 0 Å². The summed E-state index contributed by atoms with van der Waals surface area (Å²) in [4.78, 5) is 0. The highest BCUT2D eigenvalue weighted by Gasteiger charge is 2.11. The summed E-state index contributed by atoms with van der Waals surface area (Å²) in [5, 5.41) is 3.73. The van der Waals surface area contributed by atoms with E-state index in [1.165, 1.54) is 49.7 Å². The smallest absolute Gasteiger partial charge is 0.0320 e. The van der Waals surface area contributed by atoms with Crippen LogP contribution in [0, 0.1) is 5.92 Å². The van der Waals surface area contributed by atoms with Crippen LogP contribution in [-0.4, -0.2) is 6.54 Å². The highest BCUT2D eigenvalue weighted by molar-refractivity contribution is 5.26. The van der Waals surface area contributed by atoms with Crippen LogP contribution < -0.4 is 5.32 Å². The molecule has 1 N–H and O–H groups in total. The topological polar surface area (TPSA) is 12.0 Å². The van der Waals surface area contributed by atoms with Crippen LogP contribution in [0.4, 0.5) is 0 Å². The van der Waals surface area contributed by atoms with E-state index in [0.29, 0.717) is 6.04 Å². The molecule has 0 fully saturated rings. The highest BCUT2D eigenvalue weighted by atomic mass is 14.9. The van der Waals surface area contributed by atoms with E-state index < -0.39 is 0 Å². The molecule has 1 aromatic rings. The van der Waals surface area contributed by atoms with Crippen molar-refractivity contribution < 1.29 is 0 Å². The van der Waals surface area contributed by atoms with Gasteiger partial charge in [-0.05, 0) is 42.9 Å². The number of rotatable bonds is 10. The van der Waals surface area contributed by atoms with Crippen molar-refractivity contribution in [3.05, 3.63) is 35.4 Å². The maximum absolute atomic E-state index is 3.73.